The Bertz CT molecular complexity index is 827. The summed E-state index contributed by atoms with van der Waals surface area (Å²) in [6, 6.07) is 8.33. The monoisotopic (exact) mass is 381 g/mol. The largest absolute Gasteiger partial charge is 0.495 e. The zero-order valence-electron chi connectivity index (χ0n) is 14.3. The Morgan fingerprint density at radius 2 is 1.73 bits per heavy atom. The second-order valence-corrected chi connectivity index (χ2v) is 5.67. The highest BCUT2D eigenvalue weighted by molar-refractivity contribution is 6.31. The van der Waals surface area contributed by atoms with Gasteiger partial charge in [-0.05, 0) is 43.3 Å². The number of amides is 1. The summed E-state index contributed by atoms with van der Waals surface area (Å²) in [5.41, 5.74) is 0.298. The van der Waals surface area contributed by atoms with Crippen LogP contribution in [0.25, 0.3) is 0 Å². The van der Waals surface area contributed by atoms with E-state index in [1.165, 1.54) is 39.3 Å². The molecule has 26 heavy (non-hydrogen) atoms. The molecule has 0 aliphatic rings. The summed E-state index contributed by atoms with van der Waals surface area (Å²) < 4.78 is 28.7. The third kappa shape index (κ3) is 4.64. The number of rotatable bonds is 6. The first-order valence-electron chi connectivity index (χ1n) is 7.54. The number of methoxy groups -OCH3 is 2. The van der Waals surface area contributed by atoms with E-state index in [2.05, 4.69) is 5.32 Å². The maximum Gasteiger partial charge on any atom is 0.339 e. The third-order valence-corrected chi connectivity index (χ3v) is 3.70. The number of hydrogen-bond acceptors (Lipinski definition) is 5. The van der Waals surface area contributed by atoms with Gasteiger partial charge in [-0.1, -0.05) is 11.6 Å². The van der Waals surface area contributed by atoms with Crippen molar-refractivity contribution in [1.29, 1.82) is 0 Å². The van der Waals surface area contributed by atoms with Crippen LogP contribution in [-0.2, 0) is 9.53 Å². The summed E-state index contributed by atoms with van der Waals surface area (Å²) in [6.45, 7) is 1.39. The maximum atomic E-state index is 13.7. The Kier molecular flexibility index (Phi) is 6.41. The van der Waals surface area contributed by atoms with Gasteiger partial charge in [-0.15, -0.1) is 0 Å². The molecule has 1 atom stereocenters. The van der Waals surface area contributed by atoms with E-state index >= 15 is 0 Å². The summed E-state index contributed by atoms with van der Waals surface area (Å²) in [6.07, 6.45) is -1.13. The molecule has 0 unspecified atom stereocenters. The van der Waals surface area contributed by atoms with Crippen molar-refractivity contribution in [2.45, 2.75) is 13.0 Å². The fourth-order valence-corrected chi connectivity index (χ4v) is 2.26. The fourth-order valence-electron chi connectivity index (χ4n) is 2.09. The molecule has 0 aromatic heterocycles. The Morgan fingerprint density at radius 3 is 2.35 bits per heavy atom. The van der Waals surface area contributed by atoms with Crippen LogP contribution < -0.4 is 14.8 Å². The Balaban J connectivity index is 2.06. The predicted molar refractivity (Wildman–Crippen MR) is 94.5 cm³/mol. The number of carbonyl (C=O) groups is 2. The second-order valence-electron chi connectivity index (χ2n) is 5.23. The van der Waals surface area contributed by atoms with Crippen LogP contribution in [0.1, 0.15) is 17.3 Å². The number of nitrogens with one attached hydrogen (secondary N) is 1. The minimum Gasteiger partial charge on any atom is -0.495 e. The fraction of sp³-hybridized carbons (Fsp3) is 0.222. The van der Waals surface area contributed by atoms with Crippen molar-refractivity contribution in [1.82, 2.24) is 0 Å². The molecule has 0 heterocycles. The number of benzene rings is 2. The van der Waals surface area contributed by atoms with Crippen molar-refractivity contribution in [3.8, 4) is 11.5 Å². The van der Waals surface area contributed by atoms with E-state index in [-0.39, 0.29) is 11.3 Å². The SMILES string of the molecule is COc1ccc(C(=O)O[C@@H](C)C(=O)Nc2cc(Cl)ccc2OC)cc1F. The molecular formula is C18H17ClFNO5. The number of esters is 1. The Labute approximate surface area is 154 Å². The van der Waals surface area contributed by atoms with Crippen LogP contribution in [0.15, 0.2) is 36.4 Å². The lowest BCUT2D eigenvalue weighted by molar-refractivity contribution is -0.123. The van der Waals surface area contributed by atoms with Crippen LogP contribution in [0, 0.1) is 5.82 Å². The molecule has 1 amide bonds. The average Bonchev–Trinajstić information content (AvgIpc) is 2.61. The summed E-state index contributed by atoms with van der Waals surface area (Å²) in [7, 11) is 2.76. The van der Waals surface area contributed by atoms with Crippen molar-refractivity contribution in [2.24, 2.45) is 0 Å². The van der Waals surface area contributed by atoms with Crippen LogP contribution >= 0.6 is 11.6 Å². The molecule has 0 fully saturated rings. The summed E-state index contributed by atoms with van der Waals surface area (Å²) in [5.74, 6) is -1.73. The zero-order chi connectivity index (χ0) is 19.3. The molecule has 0 saturated carbocycles. The minimum absolute atomic E-state index is 0.000364. The lowest BCUT2D eigenvalue weighted by atomic mass is 10.2. The van der Waals surface area contributed by atoms with Crippen molar-refractivity contribution in [2.75, 3.05) is 19.5 Å². The van der Waals surface area contributed by atoms with Gasteiger partial charge in [0.1, 0.15) is 5.75 Å². The smallest absolute Gasteiger partial charge is 0.339 e. The van der Waals surface area contributed by atoms with E-state index in [9.17, 15) is 14.0 Å². The highest BCUT2D eigenvalue weighted by atomic mass is 35.5. The number of ether oxygens (including phenoxy) is 3. The first kappa shape index (κ1) is 19.5. The van der Waals surface area contributed by atoms with Gasteiger partial charge in [-0.3, -0.25) is 4.79 Å². The van der Waals surface area contributed by atoms with E-state index in [1.54, 1.807) is 12.1 Å². The summed E-state index contributed by atoms with van der Waals surface area (Å²) >= 11 is 5.90. The van der Waals surface area contributed by atoms with Crippen molar-refractivity contribution >= 4 is 29.2 Å². The molecule has 0 saturated heterocycles. The quantitative estimate of drug-likeness (QED) is 0.773. The molecule has 138 valence electrons. The van der Waals surface area contributed by atoms with Crippen LogP contribution in [0.2, 0.25) is 5.02 Å². The van der Waals surface area contributed by atoms with E-state index < -0.39 is 23.8 Å². The first-order chi connectivity index (χ1) is 12.3. The topological polar surface area (TPSA) is 73.9 Å². The maximum absolute atomic E-state index is 13.7. The van der Waals surface area contributed by atoms with Gasteiger partial charge in [0, 0.05) is 5.02 Å². The van der Waals surface area contributed by atoms with Gasteiger partial charge in [0.25, 0.3) is 5.91 Å². The lowest BCUT2D eigenvalue weighted by Crippen LogP contribution is -2.30. The van der Waals surface area contributed by atoms with Gasteiger partial charge in [0.05, 0.1) is 25.5 Å². The van der Waals surface area contributed by atoms with E-state index in [4.69, 9.17) is 25.8 Å². The predicted octanol–water partition coefficient (Wildman–Crippen LogP) is 3.68. The van der Waals surface area contributed by atoms with Crippen molar-refractivity contribution in [3.05, 3.63) is 52.8 Å². The number of carbonyl (C=O) groups excluding carboxylic acids is 2. The van der Waals surface area contributed by atoms with Gasteiger partial charge >= 0.3 is 5.97 Å². The molecule has 2 rings (SSSR count). The van der Waals surface area contributed by atoms with Gasteiger partial charge in [-0.2, -0.15) is 0 Å². The number of halogens is 2. The van der Waals surface area contributed by atoms with Crippen molar-refractivity contribution < 1.29 is 28.2 Å². The minimum atomic E-state index is -1.13. The molecule has 0 bridgehead atoms. The zero-order valence-corrected chi connectivity index (χ0v) is 15.1. The Hall–Kier alpha value is -2.80. The standard InChI is InChI=1S/C18H17ClFNO5/c1-10(17(22)21-14-9-12(19)5-7-16(14)25-3)26-18(23)11-4-6-15(24-2)13(20)8-11/h4-10H,1-3H3,(H,21,22)/t10-/m0/s1. The van der Waals surface area contributed by atoms with Gasteiger partial charge < -0.3 is 19.5 Å². The van der Waals surface area contributed by atoms with Crippen LogP contribution in [0.4, 0.5) is 10.1 Å². The molecule has 0 aliphatic heterocycles. The van der Waals surface area contributed by atoms with Gasteiger partial charge in [0.2, 0.25) is 0 Å². The summed E-state index contributed by atoms with van der Waals surface area (Å²) in [5, 5.41) is 2.97. The summed E-state index contributed by atoms with van der Waals surface area (Å²) in [4.78, 5) is 24.3. The Morgan fingerprint density at radius 1 is 1.08 bits per heavy atom. The number of hydrogen-bond donors (Lipinski definition) is 1. The molecule has 0 aliphatic carbocycles. The van der Waals surface area contributed by atoms with Gasteiger partial charge in [-0.25, -0.2) is 9.18 Å². The van der Waals surface area contributed by atoms with Gasteiger partial charge in [0.15, 0.2) is 17.7 Å². The molecule has 2 aromatic rings. The second kappa shape index (κ2) is 8.53. The first-order valence-corrected chi connectivity index (χ1v) is 7.92. The average molecular weight is 382 g/mol. The molecule has 2 aromatic carbocycles. The van der Waals surface area contributed by atoms with Crippen LogP contribution in [-0.4, -0.2) is 32.2 Å². The molecule has 6 nitrogen and oxygen atoms in total. The van der Waals surface area contributed by atoms with E-state index in [1.807, 2.05) is 0 Å². The highest BCUT2D eigenvalue weighted by Gasteiger charge is 2.21. The molecule has 8 heteroatoms. The molecule has 0 spiro atoms. The third-order valence-electron chi connectivity index (χ3n) is 3.46. The molecule has 1 N–H and O–H groups in total. The van der Waals surface area contributed by atoms with Crippen LogP contribution in [0.5, 0.6) is 11.5 Å². The number of anilines is 1. The van der Waals surface area contributed by atoms with E-state index in [0.717, 1.165) is 6.07 Å². The van der Waals surface area contributed by atoms with Crippen LogP contribution in [0.3, 0.4) is 0 Å². The molecular weight excluding hydrogens is 365 g/mol. The lowest BCUT2D eigenvalue weighted by Gasteiger charge is -2.15. The molecule has 0 radical (unpaired) electrons. The van der Waals surface area contributed by atoms with E-state index in [0.29, 0.717) is 16.5 Å². The highest BCUT2D eigenvalue weighted by Crippen LogP contribution is 2.28. The normalized spacial score (nSPS) is 11.4. The van der Waals surface area contributed by atoms with Crippen molar-refractivity contribution in [3.63, 3.8) is 0 Å².